The summed E-state index contributed by atoms with van der Waals surface area (Å²) in [7, 11) is 0. The maximum atomic E-state index is 12.9. The first-order valence-corrected chi connectivity index (χ1v) is 9.46. The molecule has 26 heavy (non-hydrogen) atoms. The highest BCUT2D eigenvalue weighted by molar-refractivity contribution is 6.01. The number of fused-ring (bicyclic) bond motifs is 1. The number of ether oxygens (including phenoxy) is 1. The molecular weight excluding hydrogens is 332 g/mol. The third kappa shape index (κ3) is 2.43. The first-order valence-electron chi connectivity index (χ1n) is 9.46. The number of carbonyl (C=O) groups excluding carboxylic acids is 2. The van der Waals surface area contributed by atoms with Crippen LogP contribution in [0, 0.1) is 16.7 Å². The molecule has 1 aromatic rings. The number of esters is 1. The molecule has 3 atom stereocenters. The van der Waals surface area contributed by atoms with E-state index < -0.39 is 11.0 Å². The average Bonchev–Trinajstić information content (AvgIpc) is 2.74. The molecule has 0 amide bonds. The largest absolute Gasteiger partial charge is 0.508 e. The van der Waals surface area contributed by atoms with E-state index in [2.05, 4.69) is 13.8 Å². The number of Topliss-reactive ketones (excluding diaryl/α,β-unsaturated/α-hetero) is 1. The summed E-state index contributed by atoms with van der Waals surface area (Å²) in [6.45, 7) is 4.52. The number of phenols is 2. The van der Waals surface area contributed by atoms with Gasteiger partial charge in [0.15, 0.2) is 5.78 Å². The lowest BCUT2D eigenvalue weighted by Gasteiger charge is -2.52. The summed E-state index contributed by atoms with van der Waals surface area (Å²) < 4.78 is 6.00. The quantitative estimate of drug-likeness (QED) is 0.485. The minimum absolute atomic E-state index is 0.0255. The molecule has 1 aliphatic heterocycles. The second-order valence-corrected chi connectivity index (χ2v) is 9.15. The molecule has 0 radical (unpaired) electrons. The Labute approximate surface area is 153 Å². The zero-order valence-electron chi connectivity index (χ0n) is 15.4. The summed E-state index contributed by atoms with van der Waals surface area (Å²) in [5, 5.41) is 19.6. The minimum Gasteiger partial charge on any atom is -0.508 e. The predicted octanol–water partition coefficient (Wildman–Crippen LogP) is 3.96. The van der Waals surface area contributed by atoms with E-state index in [1.807, 2.05) is 0 Å². The van der Waals surface area contributed by atoms with E-state index in [4.69, 9.17) is 4.74 Å². The van der Waals surface area contributed by atoms with Crippen LogP contribution in [-0.2, 0) is 9.53 Å². The molecule has 2 bridgehead atoms. The number of carbonyl (C=O) groups is 2. The number of ketones is 1. The third-order valence-electron chi connectivity index (χ3n) is 7.06. The van der Waals surface area contributed by atoms with Crippen molar-refractivity contribution in [2.24, 2.45) is 16.7 Å². The summed E-state index contributed by atoms with van der Waals surface area (Å²) in [5.41, 5.74) is -1.01. The summed E-state index contributed by atoms with van der Waals surface area (Å²) >= 11 is 0. The molecule has 3 aliphatic rings. The number of hydrogen-bond donors (Lipinski definition) is 2. The Kier molecular flexibility index (Phi) is 3.66. The fraction of sp³-hybridized carbons (Fsp3) is 0.619. The van der Waals surface area contributed by atoms with E-state index in [9.17, 15) is 19.8 Å². The zero-order valence-corrected chi connectivity index (χ0v) is 15.4. The van der Waals surface area contributed by atoms with Crippen molar-refractivity contribution in [3.63, 3.8) is 0 Å². The SMILES string of the molecule is CC1(C)CCC[C@@]23C[C@@](CC(=O)c4cc(O)ccc4O)(CC[C@H]12)C(=O)O3. The van der Waals surface area contributed by atoms with E-state index in [1.165, 1.54) is 18.2 Å². The number of aromatic hydroxyl groups is 2. The van der Waals surface area contributed by atoms with Gasteiger partial charge in [-0.1, -0.05) is 13.8 Å². The Morgan fingerprint density at radius 2 is 2.00 bits per heavy atom. The van der Waals surface area contributed by atoms with Crippen molar-refractivity contribution in [2.45, 2.75) is 64.4 Å². The maximum absolute atomic E-state index is 12.9. The van der Waals surface area contributed by atoms with Crippen molar-refractivity contribution in [3.8, 4) is 11.5 Å². The van der Waals surface area contributed by atoms with Gasteiger partial charge in [0.1, 0.15) is 17.1 Å². The van der Waals surface area contributed by atoms with Crippen LogP contribution in [-0.4, -0.2) is 27.6 Å². The van der Waals surface area contributed by atoms with Gasteiger partial charge in [0.25, 0.3) is 0 Å². The molecule has 5 nitrogen and oxygen atoms in total. The molecular formula is C21H26O5. The van der Waals surface area contributed by atoms with Crippen molar-refractivity contribution in [3.05, 3.63) is 23.8 Å². The molecule has 2 saturated carbocycles. The lowest BCUT2D eigenvalue weighted by atomic mass is 9.52. The Morgan fingerprint density at radius 3 is 2.77 bits per heavy atom. The molecule has 5 heteroatoms. The predicted molar refractivity (Wildman–Crippen MR) is 94.9 cm³/mol. The second-order valence-electron chi connectivity index (χ2n) is 9.15. The van der Waals surface area contributed by atoms with E-state index in [0.29, 0.717) is 18.8 Å². The number of hydrogen-bond acceptors (Lipinski definition) is 5. The highest BCUT2D eigenvalue weighted by Crippen LogP contribution is 2.63. The Balaban J connectivity index is 1.63. The molecule has 2 aliphatic carbocycles. The highest BCUT2D eigenvalue weighted by atomic mass is 16.6. The monoisotopic (exact) mass is 358 g/mol. The van der Waals surface area contributed by atoms with Crippen LogP contribution in [0.15, 0.2) is 18.2 Å². The normalized spacial score (nSPS) is 34.8. The van der Waals surface area contributed by atoms with Gasteiger partial charge in [-0.25, -0.2) is 0 Å². The van der Waals surface area contributed by atoms with Gasteiger partial charge in [0.05, 0.1) is 11.0 Å². The minimum atomic E-state index is -0.793. The van der Waals surface area contributed by atoms with Gasteiger partial charge in [-0.15, -0.1) is 0 Å². The van der Waals surface area contributed by atoms with Crippen LogP contribution < -0.4 is 0 Å². The van der Waals surface area contributed by atoms with Gasteiger partial charge >= 0.3 is 5.97 Å². The van der Waals surface area contributed by atoms with Gasteiger partial charge in [-0.2, -0.15) is 0 Å². The fourth-order valence-electron chi connectivity index (χ4n) is 5.85. The highest BCUT2D eigenvalue weighted by Gasteiger charge is 2.66. The van der Waals surface area contributed by atoms with Crippen molar-refractivity contribution >= 4 is 11.8 Å². The molecule has 140 valence electrons. The number of rotatable bonds is 3. The van der Waals surface area contributed by atoms with Crippen LogP contribution >= 0.6 is 0 Å². The lowest BCUT2D eigenvalue weighted by Crippen LogP contribution is -2.51. The van der Waals surface area contributed by atoms with E-state index in [0.717, 1.165) is 25.7 Å². The van der Waals surface area contributed by atoms with Gasteiger partial charge in [-0.05, 0) is 55.7 Å². The van der Waals surface area contributed by atoms with Crippen molar-refractivity contribution < 1.29 is 24.5 Å². The summed E-state index contributed by atoms with van der Waals surface area (Å²) in [6.07, 6.45) is 5.20. The first-order chi connectivity index (χ1) is 12.2. The fourth-order valence-corrected chi connectivity index (χ4v) is 5.85. The van der Waals surface area contributed by atoms with Crippen molar-refractivity contribution in [1.82, 2.24) is 0 Å². The van der Waals surface area contributed by atoms with Crippen LogP contribution in [0.1, 0.15) is 69.2 Å². The zero-order chi connectivity index (χ0) is 18.7. The smallest absolute Gasteiger partial charge is 0.313 e. The lowest BCUT2D eigenvalue weighted by molar-refractivity contribution is -0.163. The molecule has 4 rings (SSSR count). The number of phenolic OH excluding ortho intramolecular Hbond substituents is 2. The maximum Gasteiger partial charge on any atom is 0.313 e. The topological polar surface area (TPSA) is 83.8 Å². The van der Waals surface area contributed by atoms with Gasteiger partial charge < -0.3 is 14.9 Å². The van der Waals surface area contributed by atoms with Gasteiger partial charge in [-0.3, -0.25) is 9.59 Å². The third-order valence-corrected chi connectivity index (χ3v) is 7.06. The van der Waals surface area contributed by atoms with Crippen LogP contribution in [0.2, 0.25) is 0 Å². The van der Waals surface area contributed by atoms with Crippen LogP contribution in [0.4, 0.5) is 0 Å². The molecule has 2 N–H and O–H groups in total. The molecule has 3 fully saturated rings. The first kappa shape index (κ1) is 17.4. The Bertz CT molecular complexity index is 783. The summed E-state index contributed by atoms with van der Waals surface area (Å²) in [5.74, 6) is -0.483. The van der Waals surface area contributed by atoms with Crippen LogP contribution in [0.5, 0.6) is 11.5 Å². The standard InChI is InChI=1S/C21H26O5/c1-19(2)7-3-8-21-12-20(18(25)26-21,9-6-17(19)21)11-16(24)14-10-13(22)4-5-15(14)23/h4-5,10,17,22-23H,3,6-9,11-12H2,1-2H3/t17-,20+,21-/m1/s1. The van der Waals surface area contributed by atoms with E-state index >= 15 is 0 Å². The molecule has 1 aromatic carbocycles. The van der Waals surface area contributed by atoms with Crippen molar-refractivity contribution in [2.75, 3.05) is 0 Å². The summed E-state index contributed by atoms with van der Waals surface area (Å²) in [6, 6.07) is 3.90. The summed E-state index contributed by atoms with van der Waals surface area (Å²) in [4.78, 5) is 25.7. The van der Waals surface area contributed by atoms with Gasteiger partial charge in [0.2, 0.25) is 0 Å². The van der Waals surface area contributed by atoms with E-state index in [1.54, 1.807) is 0 Å². The van der Waals surface area contributed by atoms with Crippen molar-refractivity contribution in [1.29, 1.82) is 0 Å². The Hall–Kier alpha value is -2.04. The number of benzene rings is 1. The van der Waals surface area contributed by atoms with E-state index in [-0.39, 0.29) is 40.7 Å². The average molecular weight is 358 g/mol. The van der Waals surface area contributed by atoms with Gasteiger partial charge in [0, 0.05) is 18.8 Å². The molecule has 1 spiro atoms. The molecule has 0 unspecified atom stereocenters. The van der Waals surface area contributed by atoms with Crippen LogP contribution in [0.25, 0.3) is 0 Å². The molecule has 0 aromatic heterocycles. The Morgan fingerprint density at radius 1 is 1.23 bits per heavy atom. The molecule has 1 heterocycles. The van der Waals surface area contributed by atoms with Crippen LogP contribution in [0.3, 0.4) is 0 Å². The molecule has 1 saturated heterocycles. The second kappa shape index (κ2) is 5.48.